The Kier molecular flexibility index (Phi) is 3.64. The van der Waals surface area contributed by atoms with Gasteiger partial charge in [0.15, 0.2) is 0 Å². The molecule has 0 aliphatic heterocycles. The van der Waals surface area contributed by atoms with Crippen molar-refractivity contribution in [3.63, 3.8) is 0 Å². The van der Waals surface area contributed by atoms with E-state index in [4.69, 9.17) is 15.1 Å². The molecule has 6 heteroatoms. The minimum atomic E-state index is -1.77. The van der Waals surface area contributed by atoms with E-state index in [1.54, 1.807) is 18.2 Å². The van der Waals surface area contributed by atoms with Crippen molar-refractivity contribution in [2.24, 2.45) is 0 Å². The highest BCUT2D eigenvalue weighted by molar-refractivity contribution is 5.99. The van der Waals surface area contributed by atoms with Gasteiger partial charge in [-0.25, -0.2) is 10.3 Å². The zero-order valence-electron chi connectivity index (χ0n) is 7.58. The van der Waals surface area contributed by atoms with Gasteiger partial charge in [-0.3, -0.25) is 10.0 Å². The maximum Gasteiger partial charge on any atom is 0.355 e. The Balaban J connectivity index is 2.76. The number of nitrogens with one attached hydrogen (secondary N) is 1. The van der Waals surface area contributed by atoms with Crippen LogP contribution in [0.5, 0.6) is 5.75 Å². The molecule has 1 amide bonds. The predicted octanol–water partition coefficient (Wildman–Crippen LogP) is 0.0240. The number of carbonyl (C=O) groups is 2. The highest BCUT2D eigenvalue weighted by Gasteiger charge is 2.28. The van der Waals surface area contributed by atoms with Crippen molar-refractivity contribution in [3.05, 3.63) is 30.3 Å². The fourth-order valence-corrected chi connectivity index (χ4v) is 0.910. The molecule has 1 aromatic carbocycles. The molecular formula is C9H9NO5. The average Bonchev–Trinajstić information content (AvgIpc) is 2.26. The summed E-state index contributed by atoms with van der Waals surface area (Å²) in [6.07, 6.45) is -1.77. The third-order valence-electron chi connectivity index (χ3n) is 1.57. The highest BCUT2D eigenvalue weighted by Crippen LogP contribution is 2.10. The number of amides is 1. The van der Waals surface area contributed by atoms with Crippen LogP contribution in [-0.2, 0) is 9.59 Å². The SMILES string of the molecule is O=C(O)C(Oc1ccccc1)C(=O)NO. The molecule has 0 aliphatic carbocycles. The molecule has 1 unspecified atom stereocenters. The lowest BCUT2D eigenvalue weighted by Crippen LogP contribution is -2.42. The van der Waals surface area contributed by atoms with Gasteiger partial charge in [-0.05, 0) is 12.1 Å². The number of hydrogen-bond acceptors (Lipinski definition) is 4. The largest absolute Gasteiger partial charge is 0.478 e. The van der Waals surface area contributed by atoms with Crippen molar-refractivity contribution >= 4 is 11.9 Å². The molecule has 0 bridgehead atoms. The summed E-state index contributed by atoms with van der Waals surface area (Å²) in [4.78, 5) is 21.5. The summed E-state index contributed by atoms with van der Waals surface area (Å²) in [5.74, 6) is -2.38. The van der Waals surface area contributed by atoms with Gasteiger partial charge in [0.2, 0.25) is 0 Å². The van der Waals surface area contributed by atoms with Crippen LogP contribution in [0, 0.1) is 0 Å². The number of benzene rings is 1. The van der Waals surface area contributed by atoms with E-state index in [1.165, 1.54) is 17.6 Å². The van der Waals surface area contributed by atoms with E-state index in [9.17, 15) is 9.59 Å². The Labute approximate surface area is 85.1 Å². The lowest BCUT2D eigenvalue weighted by Gasteiger charge is -2.12. The number of hydroxylamine groups is 1. The van der Waals surface area contributed by atoms with Gasteiger partial charge < -0.3 is 9.84 Å². The van der Waals surface area contributed by atoms with Gasteiger partial charge in [-0.1, -0.05) is 18.2 Å². The van der Waals surface area contributed by atoms with E-state index < -0.39 is 18.0 Å². The fraction of sp³-hybridized carbons (Fsp3) is 0.111. The molecule has 1 aromatic rings. The molecule has 0 aromatic heterocycles. The van der Waals surface area contributed by atoms with Gasteiger partial charge in [0, 0.05) is 0 Å². The van der Waals surface area contributed by atoms with Gasteiger partial charge in [0.25, 0.3) is 12.0 Å². The molecule has 0 saturated carbocycles. The van der Waals surface area contributed by atoms with Crippen LogP contribution in [-0.4, -0.2) is 28.3 Å². The predicted molar refractivity (Wildman–Crippen MR) is 48.4 cm³/mol. The molecule has 0 heterocycles. The molecule has 15 heavy (non-hydrogen) atoms. The summed E-state index contributed by atoms with van der Waals surface area (Å²) in [7, 11) is 0. The number of para-hydroxylation sites is 1. The van der Waals surface area contributed by atoms with Crippen molar-refractivity contribution in [2.75, 3.05) is 0 Å². The fourth-order valence-electron chi connectivity index (χ4n) is 0.910. The van der Waals surface area contributed by atoms with Crippen LogP contribution in [0.2, 0.25) is 0 Å². The lowest BCUT2D eigenvalue weighted by atomic mass is 10.3. The van der Waals surface area contributed by atoms with E-state index in [0.29, 0.717) is 0 Å². The number of aliphatic carboxylic acids is 1. The van der Waals surface area contributed by atoms with Crippen LogP contribution in [0.4, 0.5) is 0 Å². The minimum Gasteiger partial charge on any atom is -0.478 e. The molecule has 1 rings (SSSR count). The summed E-state index contributed by atoms with van der Waals surface area (Å²) in [5, 5.41) is 16.9. The quantitative estimate of drug-likeness (QED) is 0.371. The van der Waals surface area contributed by atoms with Crippen LogP contribution in [0.3, 0.4) is 0 Å². The number of carbonyl (C=O) groups excluding carboxylic acids is 1. The second-order valence-electron chi connectivity index (χ2n) is 2.63. The van der Waals surface area contributed by atoms with Crippen LogP contribution < -0.4 is 10.2 Å². The summed E-state index contributed by atoms with van der Waals surface area (Å²) >= 11 is 0. The first-order valence-corrected chi connectivity index (χ1v) is 4.03. The van der Waals surface area contributed by atoms with Gasteiger partial charge in [-0.15, -0.1) is 0 Å². The maximum absolute atomic E-state index is 10.9. The van der Waals surface area contributed by atoms with Gasteiger partial charge >= 0.3 is 5.97 Å². The number of hydrogen-bond donors (Lipinski definition) is 3. The standard InChI is InChI=1S/C9H9NO5/c11-8(10-14)7(9(12)13)15-6-4-2-1-3-5-6/h1-5,7,14H,(H,10,11)(H,12,13). The second-order valence-corrected chi connectivity index (χ2v) is 2.63. The van der Waals surface area contributed by atoms with Crippen molar-refractivity contribution < 1.29 is 24.6 Å². The zero-order valence-corrected chi connectivity index (χ0v) is 7.58. The number of ether oxygens (including phenoxy) is 1. The van der Waals surface area contributed by atoms with Gasteiger partial charge in [0.05, 0.1) is 0 Å². The molecule has 0 radical (unpaired) electrons. The summed E-state index contributed by atoms with van der Waals surface area (Å²) in [6.45, 7) is 0. The molecule has 1 atom stereocenters. The Hall–Kier alpha value is -2.08. The van der Waals surface area contributed by atoms with E-state index in [2.05, 4.69) is 0 Å². The molecule has 0 spiro atoms. The summed E-state index contributed by atoms with van der Waals surface area (Å²) < 4.78 is 4.86. The van der Waals surface area contributed by atoms with E-state index >= 15 is 0 Å². The van der Waals surface area contributed by atoms with E-state index in [1.807, 2.05) is 0 Å². The monoisotopic (exact) mass is 211 g/mol. The van der Waals surface area contributed by atoms with Crippen molar-refractivity contribution in [3.8, 4) is 5.75 Å². The average molecular weight is 211 g/mol. The first kappa shape index (κ1) is 11.0. The maximum atomic E-state index is 10.9. The third kappa shape index (κ3) is 2.96. The number of carboxylic acids is 1. The van der Waals surface area contributed by atoms with Crippen LogP contribution in [0.1, 0.15) is 0 Å². The summed E-state index contributed by atoms with van der Waals surface area (Å²) in [6, 6.07) is 7.98. The van der Waals surface area contributed by atoms with Crippen molar-refractivity contribution in [2.45, 2.75) is 6.10 Å². The number of carboxylic acid groups (broad SMARTS) is 1. The van der Waals surface area contributed by atoms with Crippen LogP contribution in [0.15, 0.2) is 30.3 Å². The summed E-state index contributed by atoms with van der Waals surface area (Å²) in [5.41, 5.74) is 1.22. The van der Waals surface area contributed by atoms with Crippen LogP contribution in [0.25, 0.3) is 0 Å². The molecule has 80 valence electrons. The molecular weight excluding hydrogens is 202 g/mol. The van der Waals surface area contributed by atoms with Gasteiger partial charge in [-0.2, -0.15) is 0 Å². The number of rotatable bonds is 4. The van der Waals surface area contributed by atoms with Crippen LogP contribution >= 0.6 is 0 Å². The Morgan fingerprint density at radius 1 is 1.27 bits per heavy atom. The molecule has 6 nitrogen and oxygen atoms in total. The Morgan fingerprint density at radius 2 is 1.87 bits per heavy atom. The Bertz CT molecular complexity index is 351. The topological polar surface area (TPSA) is 95.9 Å². The van der Waals surface area contributed by atoms with Crippen molar-refractivity contribution in [1.82, 2.24) is 5.48 Å². The zero-order chi connectivity index (χ0) is 11.3. The van der Waals surface area contributed by atoms with Gasteiger partial charge in [0.1, 0.15) is 5.75 Å². The van der Waals surface area contributed by atoms with E-state index in [0.717, 1.165) is 0 Å². The normalized spacial score (nSPS) is 11.5. The van der Waals surface area contributed by atoms with Crippen molar-refractivity contribution in [1.29, 1.82) is 0 Å². The third-order valence-corrected chi connectivity index (χ3v) is 1.57. The second kappa shape index (κ2) is 4.97. The lowest BCUT2D eigenvalue weighted by molar-refractivity contribution is -0.154. The molecule has 0 aliphatic rings. The highest BCUT2D eigenvalue weighted by atomic mass is 16.5. The Morgan fingerprint density at radius 3 is 2.33 bits per heavy atom. The van der Waals surface area contributed by atoms with E-state index in [-0.39, 0.29) is 5.75 Å². The first-order chi connectivity index (χ1) is 7.15. The minimum absolute atomic E-state index is 0.230. The molecule has 0 fully saturated rings. The molecule has 0 saturated heterocycles. The first-order valence-electron chi connectivity index (χ1n) is 4.03. The smallest absolute Gasteiger partial charge is 0.355 e. The molecule has 3 N–H and O–H groups in total.